The maximum atomic E-state index is 12.6. The van der Waals surface area contributed by atoms with E-state index in [1.54, 1.807) is 18.5 Å². The second-order valence-corrected chi connectivity index (χ2v) is 7.81. The van der Waals surface area contributed by atoms with E-state index in [0.29, 0.717) is 16.6 Å². The van der Waals surface area contributed by atoms with Gasteiger partial charge in [0.2, 0.25) is 0 Å². The molecule has 3 aliphatic rings. The van der Waals surface area contributed by atoms with E-state index < -0.39 is 0 Å². The van der Waals surface area contributed by atoms with Crippen LogP contribution in [0.15, 0.2) is 29.3 Å². The molecule has 0 unspecified atom stereocenters. The van der Waals surface area contributed by atoms with Crippen LogP contribution < -0.4 is 10.9 Å². The fourth-order valence-corrected chi connectivity index (χ4v) is 4.35. The third-order valence-electron chi connectivity index (χ3n) is 4.96. The Morgan fingerprint density at radius 3 is 2.75 bits per heavy atom. The van der Waals surface area contributed by atoms with Crippen molar-refractivity contribution in [3.05, 3.63) is 45.3 Å². The lowest BCUT2D eigenvalue weighted by Gasteiger charge is -2.44. The summed E-state index contributed by atoms with van der Waals surface area (Å²) in [4.78, 5) is 32.4. The average molecular weight is 344 g/mol. The number of piperidine rings is 3. The first-order chi connectivity index (χ1) is 11.6. The van der Waals surface area contributed by atoms with Crippen LogP contribution in [-0.2, 0) is 0 Å². The van der Waals surface area contributed by atoms with Crippen molar-refractivity contribution in [3.8, 4) is 5.13 Å². The van der Waals surface area contributed by atoms with E-state index in [1.807, 2.05) is 6.92 Å². The quantitative estimate of drug-likeness (QED) is 0.915. The van der Waals surface area contributed by atoms with Crippen molar-refractivity contribution in [2.24, 2.45) is 5.92 Å². The van der Waals surface area contributed by atoms with Gasteiger partial charge in [-0.05, 0) is 44.8 Å². The molecule has 0 aliphatic carbocycles. The summed E-state index contributed by atoms with van der Waals surface area (Å²) in [6, 6.07) is 3.24. The van der Waals surface area contributed by atoms with Crippen molar-refractivity contribution in [2.75, 3.05) is 19.6 Å². The first kappa shape index (κ1) is 15.5. The minimum absolute atomic E-state index is 0.115. The molecule has 3 aliphatic heterocycles. The fourth-order valence-electron chi connectivity index (χ4n) is 3.61. The normalized spacial score (nSPS) is 25.6. The van der Waals surface area contributed by atoms with Gasteiger partial charge in [-0.1, -0.05) is 0 Å². The molecule has 3 saturated heterocycles. The number of amides is 1. The van der Waals surface area contributed by atoms with Gasteiger partial charge >= 0.3 is 0 Å². The van der Waals surface area contributed by atoms with Gasteiger partial charge in [-0.25, -0.2) is 4.98 Å². The highest BCUT2D eigenvalue weighted by molar-refractivity contribution is 7.13. The monoisotopic (exact) mass is 344 g/mol. The molecule has 1 N–H and O–H groups in total. The Bertz CT molecular complexity index is 820. The van der Waals surface area contributed by atoms with Gasteiger partial charge in [0, 0.05) is 35.9 Å². The summed E-state index contributed by atoms with van der Waals surface area (Å²) in [5.41, 5.74) is 0.322. The van der Waals surface area contributed by atoms with Crippen molar-refractivity contribution in [2.45, 2.75) is 25.8 Å². The topological polar surface area (TPSA) is 67.2 Å². The van der Waals surface area contributed by atoms with Gasteiger partial charge in [-0.3, -0.25) is 14.2 Å². The zero-order chi connectivity index (χ0) is 16.7. The third kappa shape index (κ3) is 2.89. The van der Waals surface area contributed by atoms with Gasteiger partial charge < -0.3 is 10.2 Å². The van der Waals surface area contributed by atoms with Gasteiger partial charge in [0.05, 0.1) is 5.56 Å². The van der Waals surface area contributed by atoms with Crippen LogP contribution in [0.1, 0.15) is 28.1 Å². The number of aryl methyl sites for hydroxylation is 1. The molecule has 0 spiro atoms. The Kier molecular flexibility index (Phi) is 3.97. The smallest absolute Gasteiger partial charge is 0.256 e. The zero-order valence-electron chi connectivity index (χ0n) is 13.6. The van der Waals surface area contributed by atoms with E-state index in [2.05, 4.69) is 15.2 Å². The lowest BCUT2D eigenvalue weighted by Crippen LogP contribution is -2.57. The van der Waals surface area contributed by atoms with Crippen molar-refractivity contribution in [1.29, 1.82) is 0 Å². The number of fused-ring (bicyclic) bond motifs is 3. The molecular weight excluding hydrogens is 324 g/mol. The standard InChI is InChI=1S/C17H20N4O2S/c1-11-8-18-17(24-11)21-9-13(2-3-15(21)22)16(23)19-14-10-20-6-4-12(14)5-7-20/h2-3,8-9,12,14H,4-7,10H2,1H3,(H,19,23)/t14-/m0/s1. The Labute approximate surface area is 144 Å². The number of thiazole rings is 1. The largest absolute Gasteiger partial charge is 0.348 e. The molecule has 7 heteroatoms. The van der Waals surface area contributed by atoms with Crippen molar-refractivity contribution < 1.29 is 4.79 Å². The number of aromatic nitrogens is 2. The minimum Gasteiger partial charge on any atom is -0.348 e. The predicted octanol–water partition coefficient (Wildman–Crippen LogP) is 1.43. The van der Waals surface area contributed by atoms with Crippen LogP contribution in [0.4, 0.5) is 0 Å². The first-order valence-corrected chi connectivity index (χ1v) is 9.10. The Hall–Kier alpha value is -1.99. The van der Waals surface area contributed by atoms with E-state index in [4.69, 9.17) is 0 Å². The summed E-state index contributed by atoms with van der Waals surface area (Å²) in [6.07, 6.45) is 5.63. The average Bonchev–Trinajstić information content (AvgIpc) is 3.02. The van der Waals surface area contributed by atoms with Crippen LogP contribution in [0.3, 0.4) is 0 Å². The molecular formula is C17H20N4O2S. The second-order valence-electron chi connectivity index (χ2n) is 6.60. The molecule has 5 heterocycles. The number of carbonyl (C=O) groups is 1. The molecule has 0 radical (unpaired) electrons. The summed E-state index contributed by atoms with van der Waals surface area (Å²) in [5.74, 6) is 0.460. The van der Waals surface area contributed by atoms with E-state index in [0.717, 1.165) is 37.4 Å². The molecule has 6 nitrogen and oxygen atoms in total. The number of hydrogen-bond acceptors (Lipinski definition) is 5. The molecule has 126 valence electrons. The highest BCUT2D eigenvalue weighted by Gasteiger charge is 2.35. The maximum absolute atomic E-state index is 12.6. The van der Waals surface area contributed by atoms with Crippen LogP contribution in [-0.4, -0.2) is 46.0 Å². The minimum atomic E-state index is -0.177. The van der Waals surface area contributed by atoms with E-state index in [9.17, 15) is 9.59 Å². The zero-order valence-corrected chi connectivity index (χ0v) is 14.4. The third-order valence-corrected chi connectivity index (χ3v) is 5.87. The molecule has 2 aromatic heterocycles. The molecule has 3 fully saturated rings. The number of hydrogen-bond donors (Lipinski definition) is 1. The molecule has 0 saturated carbocycles. The number of nitrogens with zero attached hydrogens (tertiary/aromatic N) is 3. The summed E-state index contributed by atoms with van der Waals surface area (Å²) in [7, 11) is 0. The van der Waals surface area contributed by atoms with Gasteiger partial charge in [0.15, 0.2) is 5.13 Å². The first-order valence-electron chi connectivity index (χ1n) is 8.29. The summed E-state index contributed by atoms with van der Waals surface area (Å²) < 4.78 is 1.45. The van der Waals surface area contributed by atoms with Crippen molar-refractivity contribution in [3.63, 3.8) is 0 Å². The molecule has 1 amide bonds. The van der Waals surface area contributed by atoms with Gasteiger partial charge in [-0.2, -0.15) is 0 Å². The van der Waals surface area contributed by atoms with Crippen molar-refractivity contribution >= 4 is 17.2 Å². The molecule has 24 heavy (non-hydrogen) atoms. The Balaban J connectivity index is 1.55. The fraction of sp³-hybridized carbons (Fsp3) is 0.471. The van der Waals surface area contributed by atoms with Crippen LogP contribution in [0.25, 0.3) is 5.13 Å². The Morgan fingerprint density at radius 2 is 2.12 bits per heavy atom. The van der Waals surface area contributed by atoms with E-state index >= 15 is 0 Å². The van der Waals surface area contributed by atoms with Gasteiger partial charge in [0.1, 0.15) is 0 Å². The molecule has 2 aromatic rings. The molecule has 5 rings (SSSR count). The van der Waals surface area contributed by atoms with Crippen LogP contribution in [0, 0.1) is 12.8 Å². The number of pyridine rings is 1. The molecule has 2 bridgehead atoms. The van der Waals surface area contributed by atoms with E-state index in [1.165, 1.54) is 22.0 Å². The molecule has 1 atom stereocenters. The lowest BCUT2D eigenvalue weighted by atomic mass is 9.84. The summed E-state index contributed by atoms with van der Waals surface area (Å²) in [6.45, 7) is 5.16. The van der Waals surface area contributed by atoms with Crippen LogP contribution in [0.5, 0.6) is 0 Å². The van der Waals surface area contributed by atoms with Gasteiger partial charge in [-0.15, -0.1) is 11.3 Å². The summed E-state index contributed by atoms with van der Waals surface area (Å²) in [5, 5.41) is 3.75. The van der Waals surface area contributed by atoms with E-state index in [-0.39, 0.29) is 17.5 Å². The Morgan fingerprint density at radius 1 is 1.33 bits per heavy atom. The van der Waals surface area contributed by atoms with Crippen molar-refractivity contribution in [1.82, 2.24) is 19.8 Å². The summed E-state index contributed by atoms with van der Waals surface area (Å²) >= 11 is 1.43. The van der Waals surface area contributed by atoms with Gasteiger partial charge in [0.25, 0.3) is 11.5 Å². The molecule has 0 aromatic carbocycles. The predicted molar refractivity (Wildman–Crippen MR) is 92.9 cm³/mol. The SMILES string of the molecule is Cc1cnc(-n2cc(C(=O)N[C@H]3CN4CCC3CC4)ccc2=O)s1. The number of carbonyl (C=O) groups excluding carboxylic acids is 1. The highest BCUT2D eigenvalue weighted by Crippen LogP contribution is 2.27. The lowest BCUT2D eigenvalue weighted by molar-refractivity contribution is 0.0620. The number of rotatable bonds is 3. The van der Waals surface area contributed by atoms with Crippen LogP contribution in [0.2, 0.25) is 0 Å². The van der Waals surface area contributed by atoms with Crippen LogP contribution >= 0.6 is 11.3 Å². The number of nitrogens with one attached hydrogen (secondary N) is 1. The second kappa shape index (κ2) is 6.14. The highest BCUT2D eigenvalue weighted by atomic mass is 32.1. The maximum Gasteiger partial charge on any atom is 0.256 e.